The first-order chi connectivity index (χ1) is 12.7. The first-order valence-corrected chi connectivity index (χ1v) is 9.07. The van der Waals surface area contributed by atoms with Crippen LogP contribution in [0.5, 0.6) is 0 Å². The second-order valence-electron chi connectivity index (χ2n) is 6.80. The number of benzene rings is 2. The quantitative estimate of drug-likeness (QED) is 0.722. The van der Waals surface area contributed by atoms with Crippen LogP contribution < -0.4 is 0 Å². The Morgan fingerprint density at radius 3 is 2.62 bits per heavy atom. The molecular formula is C22H22N4. The molecule has 0 amide bonds. The molecule has 2 aromatic carbocycles. The number of nitriles is 1. The van der Waals surface area contributed by atoms with Crippen molar-refractivity contribution in [2.75, 3.05) is 13.1 Å². The highest BCUT2D eigenvalue weighted by Gasteiger charge is 2.25. The summed E-state index contributed by atoms with van der Waals surface area (Å²) in [6, 6.07) is 14.9. The Morgan fingerprint density at radius 2 is 1.96 bits per heavy atom. The zero-order chi connectivity index (χ0) is 18.1. The van der Waals surface area contributed by atoms with E-state index in [-0.39, 0.29) is 0 Å². The number of nitrogens with zero attached hydrogens (tertiary/aromatic N) is 4. The number of rotatable bonds is 3. The van der Waals surface area contributed by atoms with Crippen LogP contribution in [-0.2, 0) is 20.0 Å². The molecule has 0 atom stereocenters. The average Bonchev–Trinajstić information content (AvgIpc) is 3.12. The lowest BCUT2D eigenvalue weighted by Gasteiger charge is -2.31. The maximum atomic E-state index is 9.89. The average molecular weight is 342 g/mol. The van der Waals surface area contributed by atoms with Gasteiger partial charge in [0.15, 0.2) is 0 Å². The van der Waals surface area contributed by atoms with Crippen LogP contribution in [0.2, 0.25) is 0 Å². The van der Waals surface area contributed by atoms with E-state index in [1.807, 2.05) is 25.5 Å². The van der Waals surface area contributed by atoms with Crippen molar-refractivity contribution in [1.29, 1.82) is 5.26 Å². The van der Waals surface area contributed by atoms with Crippen LogP contribution in [0, 0.1) is 11.3 Å². The number of hydrogen-bond donors (Lipinski definition) is 0. The maximum absolute atomic E-state index is 9.89. The van der Waals surface area contributed by atoms with Gasteiger partial charge in [0.2, 0.25) is 0 Å². The third kappa shape index (κ3) is 2.81. The molecule has 0 bridgehead atoms. The van der Waals surface area contributed by atoms with Gasteiger partial charge in [-0.2, -0.15) is 10.4 Å². The number of hydrogen-bond acceptors (Lipinski definition) is 3. The fraction of sp³-hybridized carbons (Fsp3) is 0.273. The zero-order valence-electron chi connectivity index (χ0n) is 15.2. The van der Waals surface area contributed by atoms with Crippen LogP contribution in [0.25, 0.3) is 22.3 Å². The number of likely N-dealkylation sites (N-methyl/N-ethyl adjacent to an activating group) is 1. The molecule has 1 aromatic heterocycles. The van der Waals surface area contributed by atoms with Gasteiger partial charge in [0.1, 0.15) is 0 Å². The van der Waals surface area contributed by atoms with E-state index < -0.39 is 0 Å². The summed E-state index contributed by atoms with van der Waals surface area (Å²) in [7, 11) is 1.92. The molecule has 1 aliphatic heterocycles. The van der Waals surface area contributed by atoms with Gasteiger partial charge in [0, 0.05) is 37.5 Å². The molecule has 4 rings (SSSR count). The minimum absolute atomic E-state index is 0.730. The Bertz CT molecular complexity index is 979. The van der Waals surface area contributed by atoms with E-state index in [2.05, 4.69) is 53.3 Å². The second kappa shape index (κ2) is 6.78. The van der Waals surface area contributed by atoms with E-state index >= 15 is 0 Å². The number of aromatic nitrogens is 2. The Labute approximate surface area is 154 Å². The molecule has 1 aliphatic rings. The van der Waals surface area contributed by atoms with Gasteiger partial charge in [-0.25, -0.2) is 0 Å². The molecule has 4 heteroatoms. The summed E-state index contributed by atoms with van der Waals surface area (Å²) in [5.74, 6) is 0. The van der Waals surface area contributed by atoms with E-state index in [1.165, 1.54) is 22.3 Å². The molecule has 130 valence electrons. The van der Waals surface area contributed by atoms with Gasteiger partial charge in [0.25, 0.3) is 0 Å². The lowest BCUT2D eigenvalue weighted by Crippen LogP contribution is -2.31. The molecule has 0 aliphatic carbocycles. The summed E-state index contributed by atoms with van der Waals surface area (Å²) < 4.78 is 1.80. The SMILES string of the molecule is CCN1CCc2c(-c3ccccc3)cc(C#N)c(-c3cnn(C)c3)c2C1. The summed E-state index contributed by atoms with van der Waals surface area (Å²) in [5.41, 5.74) is 7.84. The summed E-state index contributed by atoms with van der Waals surface area (Å²) in [6.45, 7) is 5.15. The topological polar surface area (TPSA) is 44.9 Å². The van der Waals surface area contributed by atoms with Gasteiger partial charge in [-0.05, 0) is 41.3 Å². The third-order valence-corrected chi connectivity index (χ3v) is 5.25. The van der Waals surface area contributed by atoms with Gasteiger partial charge in [0.05, 0.1) is 17.8 Å². The van der Waals surface area contributed by atoms with E-state index in [0.717, 1.165) is 42.7 Å². The van der Waals surface area contributed by atoms with Crippen LogP contribution in [0.15, 0.2) is 48.8 Å². The molecule has 0 spiro atoms. The van der Waals surface area contributed by atoms with Crippen molar-refractivity contribution in [3.8, 4) is 28.3 Å². The zero-order valence-corrected chi connectivity index (χ0v) is 15.2. The van der Waals surface area contributed by atoms with Gasteiger partial charge in [-0.1, -0.05) is 37.3 Å². The van der Waals surface area contributed by atoms with E-state index in [0.29, 0.717) is 0 Å². The van der Waals surface area contributed by atoms with Crippen molar-refractivity contribution in [2.24, 2.45) is 7.05 Å². The minimum Gasteiger partial charge on any atom is -0.299 e. The van der Waals surface area contributed by atoms with Crippen molar-refractivity contribution in [2.45, 2.75) is 19.9 Å². The number of aryl methyl sites for hydroxylation is 1. The summed E-state index contributed by atoms with van der Waals surface area (Å²) in [5, 5.41) is 14.2. The largest absolute Gasteiger partial charge is 0.299 e. The van der Waals surface area contributed by atoms with Gasteiger partial charge in [-0.3, -0.25) is 9.58 Å². The lowest BCUT2D eigenvalue weighted by molar-refractivity contribution is 0.269. The van der Waals surface area contributed by atoms with E-state index in [1.54, 1.807) is 4.68 Å². The van der Waals surface area contributed by atoms with Gasteiger partial charge < -0.3 is 0 Å². The van der Waals surface area contributed by atoms with Crippen molar-refractivity contribution < 1.29 is 0 Å². The van der Waals surface area contributed by atoms with E-state index in [9.17, 15) is 5.26 Å². The van der Waals surface area contributed by atoms with Crippen molar-refractivity contribution in [3.05, 3.63) is 65.5 Å². The number of fused-ring (bicyclic) bond motifs is 1. The molecule has 3 aromatic rings. The van der Waals surface area contributed by atoms with Crippen molar-refractivity contribution in [1.82, 2.24) is 14.7 Å². The van der Waals surface area contributed by atoms with Crippen LogP contribution in [0.3, 0.4) is 0 Å². The molecule has 2 heterocycles. The molecule has 26 heavy (non-hydrogen) atoms. The summed E-state index contributed by atoms with van der Waals surface area (Å²) in [4.78, 5) is 2.44. The first-order valence-electron chi connectivity index (χ1n) is 9.07. The highest BCUT2D eigenvalue weighted by atomic mass is 15.2. The molecule has 0 fully saturated rings. The maximum Gasteiger partial charge on any atom is 0.0998 e. The third-order valence-electron chi connectivity index (χ3n) is 5.25. The fourth-order valence-corrected chi connectivity index (χ4v) is 3.93. The fourth-order valence-electron chi connectivity index (χ4n) is 3.93. The molecule has 0 saturated carbocycles. The molecule has 4 nitrogen and oxygen atoms in total. The van der Waals surface area contributed by atoms with E-state index in [4.69, 9.17) is 0 Å². The minimum atomic E-state index is 0.730. The Kier molecular flexibility index (Phi) is 4.32. The molecule has 0 saturated heterocycles. The monoisotopic (exact) mass is 342 g/mol. The predicted molar refractivity (Wildman–Crippen MR) is 103 cm³/mol. The normalized spacial score (nSPS) is 14.0. The van der Waals surface area contributed by atoms with Crippen LogP contribution in [0.1, 0.15) is 23.6 Å². The Hall–Kier alpha value is -2.90. The Morgan fingerprint density at radius 1 is 1.15 bits per heavy atom. The van der Waals surface area contributed by atoms with Crippen molar-refractivity contribution >= 4 is 0 Å². The van der Waals surface area contributed by atoms with Gasteiger partial charge in [-0.15, -0.1) is 0 Å². The molecular weight excluding hydrogens is 320 g/mol. The molecule has 0 unspecified atom stereocenters. The predicted octanol–water partition coefficient (Wildman–Crippen LogP) is 4.00. The second-order valence-corrected chi connectivity index (χ2v) is 6.80. The molecule has 0 radical (unpaired) electrons. The van der Waals surface area contributed by atoms with Gasteiger partial charge >= 0.3 is 0 Å². The Balaban J connectivity index is 2.00. The smallest absolute Gasteiger partial charge is 0.0998 e. The van der Waals surface area contributed by atoms with Crippen LogP contribution >= 0.6 is 0 Å². The standard InChI is InChI=1S/C22H22N4/c1-3-26-10-9-19-20(16-7-5-4-6-8-16)11-17(12-23)22(21(19)15-26)18-13-24-25(2)14-18/h4-8,11,13-14H,3,9-10,15H2,1-2H3. The molecule has 0 N–H and O–H groups in total. The highest BCUT2D eigenvalue weighted by Crippen LogP contribution is 2.39. The van der Waals surface area contributed by atoms with Crippen molar-refractivity contribution in [3.63, 3.8) is 0 Å². The highest BCUT2D eigenvalue weighted by molar-refractivity contribution is 5.82. The lowest BCUT2D eigenvalue weighted by atomic mass is 9.83. The van der Waals surface area contributed by atoms with Crippen LogP contribution in [0.4, 0.5) is 0 Å². The summed E-state index contributed by atoms with van der Waals surface area (Å²) in [6.07, 6.45) is 4.87. The van der Waals surface area contributed by atoms with Crippen LogP contribution in [-0.4, -0.2) is 27.8 Å². The summed E-state index contributed by atoms with van der Waals surface area (Å²) >= 11 is 0. The first kappa shape index (κ1) is 16.6.